The smallest absolute Gasteiger partial charge is 0.223 e. The first-order valence-electron chi connectivity index (χ1n) is 10.5. The highest BCUT2D eigenvalue weighted by atomic mass is 16.1. The highest BCUT2D eigenvalue weighted by molar-refractivity contribution is 5.79. The third kappa shape index (κ3) is 4.67. The number of anilines is 1. The van der Waals surface area contributed by atoms with Crippen LogP contribution in [0.1, 0.15) is 29.8 Å². The molecule has 0 aliphatic carbocycles. The van der Waals surface area contributed by atoms with E-state index in [4.69, 9.17) is 0 Å². The van der Waals surface area contributed by atoms with Crippen LogP contribution in [-0.2, 0) is 11.2 Å². The minimum Gasteiger partial charge on any atom is -0.356 e. The van der Waals surface area contributed by atoms with Crippen LogP contribution in [0.25, 0.3) is 5.82 Å². The number of carbonyl (C=O) groups is 1. The lowest BCUT2D eigenvalue weighted by Crippen LogP contribution is -2.41. The number of piperidine rings is 1. The van der Waals surface area contributed by atoms with Crippen molar-refractivity contribution in [3.63, 3.8) is 0 Å². The molecule has 1 amide bonds. The lowest BCUT2D eigenvalue weighted by Gasteiger charge is -2.31. The van der Waals surface area contributed by atoms with Gasteiger partial charge < -0.3 is 10.2 Å². The van der Waals surface area contributed by atoms with Gasteiger partial charge in [-0.05, 0) is 56.9 Å². The van der Waals surface area contributed by atoms with Gasteiger partial charge in [0.2, 0.25) is 5.91 Å². The van der Waals surface area contributed by atoms with Crippen molar-refractivity contribution in [2.24, 2.45) is 5.92 Å². The number of hydrogen-bond acceptors (Lipinski definition) is 5. The summed E-state index contributed by atoms with van der Waals surface area (Å²) < 4.78 is 1.80. The molecule has 1 N–H and O–H groups in total. The Bertz CT molecular complexity index is 975. The Morgan fingerprint density at radius 1 is 1.03 bits per heavy atom. The fourth-order valence-corrected chi connectivity index (χ4v) is 3.95. The monoisotopic (exact) mass is 404 g/mol. The zero-order valence-corrected chi connectivity index (χ0v) is 17.6. The number of aromatic nitrogens is 4. The van der Waals surface area contributed by atoms with Crippen molar-refractivity contribution in [3.05, 3.63) is 65.5 Å². The molecule has 156 valence electrons. The zero-order valence-electron chi connectivity index (χ0n) is 17.6. The minimum atomic E-state index is 0.0685. The maximum atomic E-state index is 12.5. The lowest BCUT2D eigenvalue weighted by molar-refractivity contribution is -0.125. The second-order valence-electron chi connectivity index (χ2n) is 7.88. The first kappa shape index (κ1) is 20.1. The summed E-state index contributed by atoms with van der Waals surface area (Å²) >= 11 is 0. The van der Waals surface area contributed by atoms with Gasteiger partial charge in [0.05, 0.1) is 5.69 Å². The van der Waals surface area contributed by atoms with Gasteiger partial charge in [-0.15, -0.1) is 10.2 Å². The first-order chi connectivity index (χ1) is 14.6. The highest BCUT2D eigenvalue weighted by Gasteiger charge is 2.25. The van der Waals surface area contributed by atoms with Gasteiger partial charge in [-0.1, -0.05) is 30.3 Å². The quantitative estimate of drug-likeness (QED) is 0.684. The van der Waals surface area contributed by atoms with E-state index in [0.29, 0.717) is 6.54 Å². The van der Waals surface area contributed by atoms with Crippen molar-refractivity contribution in [3.8, 4) is 5.82 Å². The third-order valence-corrected chi connectivity index (χ3v) is 5.61. The van der Waals surface area contributed by atoms with Crippen LogP contribution in [-0.4, -0.2) is 45.5 Å². The molecule has 1 aromatic carbocycles. The van der Waals surface area contributed by atoms with Gasteiger partial charge in [0.1, 0.15) is 0 Å². The SMILES string of the molecule is Cc1cc(C)n(-c2ccc(N3CCC(C(=O)NCCc4ccccc4)CC3)nn2)n1. The fraction of sp³-hybridized carbons (Fsp3) is 0.391. The number of benzene rings is 1. The lowest BCUT2D eigenvalue weighted by atomic mass is 9.96. The Labute approximate surface area is 177 Å². The second kappa shape index (κ2) is 9.07. The summed E-state index contributed by atoms with van der Waals surface area (Å²) in [7, 11) is 0. The molecule has 0 radical (unpaired) electrons. The van der Waals surface area contributed by atoms with Gasteiger partial charge in [0.25, 0.3) is 0 Å². The molecule has 1 fully saturated rings. The van der Waals surface area contributed by atoms with Crippen molar-refractivity contribution in [1.82, 2.24) is 25.3 Å². The maximum Gasteiger partial charge on any atom is 0.223 e. The number of amides is 1. The van der Waals surface area contributed by atoms with Gasteiger partial charge in [-0.25, -0.2) is 4.68 Å². The predicted molar refractivity (Wildman–Crippen MR) is 117 cm³/mol. The van der Waals surface area contributed by atoms with Crippen molar-refractivity contribution in [2.45, 2.75) is 33.1 Å². The summed E-state index contributed by atoms with van der Waals surface area (Å²) in [5, 5.41) is 16.3. The summed E-state index contributed by atoms with van der Waals surface area (Å²) in [5.41, 5.74) is 3.24. The minimum absolute atomic E-state index is 0.0685. The van der Waals surface area contributed by atoms with E-state index < -0.39 is 0 Å². The van der Waals surface area contributed by atoms with E-state index in [1.54, 1.807) is 4.68 Å². The summed E-state index contributed by atoms with van der Waals surface area (Å²) in [6, 6.07) is 16.2. The molecule has 0 bridgehead atoms. The van der Waals surface area contributed by atoms with Crippen molar-refractivity contribution in [1.29, 1.82) is 0 Å². The van der Waals surface area contributed by atoms with Crippen LogP contribution in [0.2, 0.25) is 0 Å². The average molecular weight is 405 g/mol. The Kier molecular flexibility index (Phi) is 6.07. The van der Waals surface area contributed by atoms with Crippen molar-refractivity contribution < 1.29 is 4.79 Å². The molecule has 0 spiro atoms. The Hall–Kier alpha value is -3.22. The molecule has 7 heteroatoms. The molecule has 1 aliphatic heterocycles. The molecule has 1 aliphatic rings. The van der Waals surface area contributed by atoms with E-state index in [1.165, 1.54) is 5.56 Å². The fourth-order valence-electron chi connectivity index (χ4n) is 3.95. The molecule has 4 rings (SSSR count). The standard InChI is InChI=1S/C23H28N6O/c1-17-16-18(2)29(27-17)22-9-8-21(25-26-22)28-14-11-20(12-15-28)23(30)24-13-10-19-6-4-3-5-7-19/h3-9,16,20H,10-15H2,1-2H3,(H,24,30). The average Bonchev–Trinajstić information content (AvgIpc) is 3.12. The summed E-state index contributed by atoms with van der Waals surface area (Å²) in [6.07, 6.45) is 2.53. The van der Waals surface area contributed by atoms with E-state index in [9.17, 15) is 4.79 Å². The van der Waals surface area contributed by atoms with Crippen LogP contribution in [0.3, 0.4) is 0 Å². The molecule has 0 unspecified atom stereocenters. The van der Waals surface area contributed by atoms with Gasteiger partial charge in [-0.2, -0.15) is 5.10 Å². The number of nitrogens with one attached hydrogen (secondary N) is 1. The molecule has 2 aromatic heterocycles. The van der Waals surface area contributed by atoms with Crippen LogP contribution in [0, 0.1) is 19.8 Å². The molecular weight excluding hydrogens is 376 g/mol. The van der Waals surface area contributed by atoms with Crippen LogP contribution in [0.4, 0.5) is 5.82 Å². The molecular formula is C23H28N6O. The third-order valence-electron chi connectivity index (χ3n) is 5.61. The summed E-state index contributed by atoms with van der Waals surface area (Å²) in [6.45, 7) is 6.27. The van der Waals surface area contributed by atoms with Gasteiger partial charge in [0.15, 0.2) is 11.6 Å². The van der Waals surface area contributed by atoms with Crippen molar-refractivity contribution in [2.75, 3.05) is 24.5 Å². The summed E-state index contributed by atoms with van der Waals surface area (Å²) in [4.78, 5) is 14.7. The molecule has 3 heterocycles. The highest BCUT2D eigenvalue weighted by Crippen LogP contribution is 2.22. The molecule has 7 nitrogen and oxygen atoms in total. The zero-order chi connectivity index (χ0) is 20.9. The van der Waals surface area contributed by atoms with E-state index in [0.717, 1.165) is 55.4 Å². The normalized spacial score (nSPS) is 14.7. The Morgan fingerprint density at radius 3 is 2.37 bits per heavy atom. The van der Waals surface area contributed by atoms with Gasteiger partial charge in [-0.3, -0.25) is 4.79 Å². The van der Waals surface area contributed by atoms with Gasteiger partial charge in [0, 0.05) is 31.2 Å². The number of carbonyl (C=O) groups excluding carboxylic acids is 1. The van der Waals surface area contributed by atoms with E-state index in [-0.39, 0.29) is 11.8 Å². The van der Waals surface area contributed by atoms with Crippen LogP contribution < -0.4 is 10.2 Å². The number of hydrogen-bond donors (Lipinski definition) is 1. The first-order valence-corrected chi connectivity index (χ1v) is 10.5. The Morgan fingerprint density at radius 2 is 1.73 bits per heavy atom. The van der Waals surface area contributed by atoms with E-state index in [1.807, 2.05) is 50.2 Å². The number of nitrogens with zero attached hydrogens (tertiary/aromatic N) is 5. The molecule has 0 saturated carbocycles. The van der Waals surface area contributed by atoms with E-state index in [2.05, 4.69) is 37.6 Å². The topological polar surface area (TPSA) is 75.9 Å². The molecule has 1 saturated heterocycles. The molecule has 3 aromatic rings. The van der Waals surface area contributed by atoms with E-state index >= 15 is 0 Å². The number of aryl methyl sites for hydroxylation is 2. The second-order valence-corrected chi connectivity index (χ2v) is 7.88. The van der Waals surface area contributed by atoms with Crippen LogP contribution >= 0.6 is 0 Å². The van der Waals surface area contributed by atoms with Crippen LogP contribution in [0.5, 0.6) is 0 Å². The van der Waals surface area contributed by atoms with Gasteiger partial charge >= 0.3 is 0 Å². The predicted octanol–water partition coefficient (Wildman–Crippen LogP) is 2.85. The Balaban J connectivity index is 1.27. The summed E-state index contributed by atoms with van der Waals surface area (Å²) in [5.74, 6) is 1.80. The largest absolute Gasteiger partial charge is 0.356 e. The molecule has 30 heavy (non-hydrogen) atoms. The maximum absolute atomic E-state index is 12.5. The van der Waals surface area contributed by atoms with Crippen LogP contribution in [0.15, 0.2) is 48.5 Å². The molecule has 0 atom stereocenters. The number of rotatable bonds is 6. The van der Waals surface area contributed by atoms with Crippen molar-refractivity contribution >= 4 is 11.7 Å².